The molecule has 0 saturated carbocycles. The number of hydrogen-bond donors (Lipinski definition) is 0. The first kappa shape index (κ1) is 10.6. The number of piperidine rings is 1. The van der Waals surface area contributed by atoms with E-state index in [4.69, 9.17) is 0 Å². The van der Waals surface area contributed by atoms with E-state index in [1.807, 2.05) is 0 Å². The Hall–Kier alpha value is -1.35. The van der Waals surface area contributed by atoms with Crippen molar-refractivity contribution < 1.29 is 4.79 Å². The van der Waals surface area contributed by atoms with E-state index in [1.165, 1.54) is 28.6 Å². The van der Waals surface area contributed by atoms with Gasteiger partial charge in [-0.15, -0.1) is 11.3 Å². The number of fused-ring (bicyclic) bond motifs is 3. The smallest absolute Gasteiger partial charge is 0.137 e. The number of nitrogens with zero attached hydrogens (tertiary/aromatic N) is 1. The molecular formula is C15H15NOS. The molecule has 1 aromatic carbocycles. The predicted molar refractivity (Wildman–Crippen MR) is 75.4 cm³/mol. The van der Waals surface area contributed by atoms with Crippen molar-refractivity contribution >= 4 is 32.9 Å². The highest BCUT2D eigenvalue weighted by Gasteiger charge is 2.40. The molecule has 2 nitrogen and oxygen atoms in total. The fourth-order valence-corrected chi connectivity index (χ4v) is 4.28. The Labute approximate surface area is 110 Å². The van der Waals surface area contributed by atoms with Crippen molar-refractivity contribution in [2.45, 2.75) is 37.8 Å². The lowest BCUT2D eigenvalue weighted by atomic mass is 10.0. The molecule has 0 aliphatic carbocycles. The molecule has 2 unspecified atom stereocenters. The summed E-state index contributed by atoms with van der Waals surface area (Å²) in [4.78, 5) is 14.1. The van der Waals surface area contributed by atoms with Gasteiger partial charge in [-0.3, -0.25) is 4.79 Å². The maximum absolute atomic E-state index is 11.6. The summed E-state index contributed by atoms with van der Waals surface area (Å²) in [6.07, 6.45) is 3.85. The zero-order chi connectivity index (χ0) is 12.1. The summed E-state index contributed by atoms with van der Waals surface area (Å²) in [5, 5.41) is 3.47. The second-order valence-electron chi connectivity index (χ2n) is 5.38. The zero-order valence-electron chi connectivity index (χ0n) is 10.1. The van der Waals surface area contributed by atoms with Gasteiger partial charge in [0, 0.05) is 35.3 Å². The van der Waals surface area contributed by atoms with Crippen molar-refractivity contribution in [3.05, 3.63) is 29.6 Å². The summed E-state index contributed by atoms with van der Waals surface area (Å²) >= 11 is 1.79. The van der Waals surface area contributed by atoms with Crippen LogP contribution in [-0.4, -0.2) is 17.9 Å². The lowest BCUT2D eigenvalue weighted by Crippen LogP contribution is -2.43. The van der Waals surface area contributed by atoms with Crippen molar-refractivity contribution in [3.8, 4) is 0 Å². The highest BCUT2D eigenvalue weighted by molar-refractivity contribution is 7.17. The number of thiophene rings is 1. The minimum absolute atomic E-state index is 0.451. The predicted octanol–water partition coefficient (Wildman–Crippen LogP) is 3.60. The fourth-order valence-electron chi connectivity index (χ4n) is 3.51. The van der Waals surface area contributed by atoms with Gasteiger partial charge in [0.15, 0.2) is 0 Å². The molecule has 18 heavy (non-hydrogen) atoms. The van der Waals surface area contributed by atoms with Gasteiger partial charge in [0.25, 0.3) is 0 Å². The van der Waals surface area contributed by atoms with Crippen LogP contribution >= 0.6 is 11.3 Å². The third-order valence-electron chi connectivity index (χ3n) is 4.28. The molecule has 2 bridgehead atoms. The van der Waals surface area contributed by atoms with Crippen molar-refractivity contribution in [2.24, 2.45) is 0 Å². The van der Waals surface area contributed by atoms with E-state index in [2.05, 4.69) is 34.5 Å². The van der Waals surface area contributed by atoms with Crippen molar-refractivity contribution in [2.75, 3.05) is 4.90 Å². The van der Waals surface area contributed by atoms with Crippen LogP contribution in [0.1, 0.15) is 25.7 Å². The lowest BCUT2D eigenvalue weighted by Gasteiger charge is -2.36. The molecule has 1 aromatic heterocycles. The molecule has 0 radical (unpaired) electrons. The van der Waals surface area contributed by atoms with E-state index in [0.717, 1.165) is 12.8 Å². The maximum Gasteiger partial charge on any atom is 0.137 e. The number of rotatable bonds is 1. The molecule has 4 rings (SSSR count). The molecule has 92 valence electrons. The summed E-state index contributed by atoms with van der Waals surface area (Å²) in [7, 11) is 0. The quantitative estimate of drug-likeness (QED) is 0.778. The van der Waals surface area contributed by atoms with Crippen LogP contribution in [-0.2, 0) is 4.79 Å². The fraction of sp³-hybridized carbons (Fsp3) is 0.400. The van der Waals surface area contributed by atoms with Crippen LogP contribution in [0.25, 0.3) is 10.1 Å². The minimum atomic E-state index is 0.451. The summed E-state index contributed by atoms with van der Waals surface area (Å²) in [6, 6.07) is 9.80. The second-order valence-corrected chi connectivity index (χ2v) is 6.33. The Bertz CT molecular complexity index is 602. The molecule has 2 saturated heterocycles. The average molecular weight is 257 g/mol. The van der Waals surface area contributed by atoms with Crippen LogP contribution in [0.3, 0.4) is 0 Å². The van der Waals surface area contributed by atoms with Crippen LogP contribution in [0.4, 0.5) is 5.69 Å². The van der Waals surface area contributed by atoms with Crippen molar-refractivity contribution in [1.29, 1.82) is 0 Å². The number of carbonyl (C=O) groups is 1. The lowest BCUT2D eigenvalue weighted by molar-refractivity contribution is -0.120. The second kappa shape index (κ2) is 3.82. The van der Waals surface area contributed by atoms with E-state index in [9.17, 15) is 4.79 Å². The van der Waals surface area contributed by atoms with E-state index >= 15 is 0 Å². The maximum atomic E-state index is 11.6. The van der Waals surface area contributed by atoms with Crippen LogP contribution in [0.5, 0.6) is 0 Å². The number of benzene rings is 1. The minimum Gasteiger partial charge on any atom is -0.365 e. The molecule has 3 heteroatoms. The number of Topliss-reactive ketones (excluding diaryl/α,β-unsaturated/α-hetero) is 1. The van der Waals surface area contributed by atoms with Crippen LogP contribution in [0.2, 0.25) is 0 Å². The number of ketones is 1. The summed E-state index contributed by atoms with van der Waals surface area (Å²) in [5.41, 5.74) is 1.31. The van der Waals surface area contributed by atoms with Crippen molar-refractivity contribution in [3.63, 3.8) is 0 Å². The largest absolute Gasteiger partial charge is 0.365 e. The molecule has 0 spiro atoms. The Morgan fingerprint density at radius 2 is 1.89 bits per heavy atom. The summed E-state index contributed by atoms with van der Waals surface area (Å²) in [6.45, 7) is 0. The van der Waals surface area contributed by atoms with Gasteiger partial charge in [0.05, 0.1) is 0 Å². The highest BCUT2D eigenvalue weighted by Crippen LogP contribution is 2.39. The number of hydrogen-bond acceptors (Lipinski definition) is 3. The van der Waals surface area contributed by atoms with Gasteiger partial charge in [-0.2, -0.15) is 0 Å². The summed E-state index contributed by atoms with van der Waals surface area (Å²) in [5.74, 6) is 0.454. The van der Waals surface area contributed by atoms with Gasteiger partial charge in [-0.25, -0.2) is 0 Å². The van der Waals surface area contributed by atoms with Crippen molar-refractivity contribution in [1.82, 2.24) is 0 Å². The molecule has 0 amide bonds. The third kappa shape index (κ3) is 1.50. The number of carbonyl (C=O) groups excluding carboxylic acids is 1. The highest BCUT2D eigenvalue weighted by atomic mass is 32.1. The molecule has 2 aliphatic heterocycles. The van der Waals surface area contributed by atoms with Crippen LogP contribution < -0.4 is 4.90 Å². The molecule has 2 fully saturated rings. The van der Waals surface area contributed by atoms with Crippen LogP contribution in [0, 0.1) is 0 Å². The molecule has 2 aromatic rings. The van der Waals surface area contributed by atoms with E-state index in [0.29, 0.717) is 17.9 Å². The summed E-state index contributed by atoms with van der Waals surface area (Å²) < 4.78 is 1.35. The van der Waals surface area contributed by atoms with Gasteiger partial charge < -0.3 is 4.90 Å². The Balaban J connectivity index is 1.76. The molecule has 2 aliphatic rings. The number of anilines is 1. The first-order valence-corrected chi connectivity index (χ1v) is 7.46. The van der Waals surface area contributed by atoms with Gasteiger partial charge >= 0.3 is 0 Å². The van der Waals surface area contributed by atoms with Gasteiger partial charge in [-0.1, -0.05) is 0 Å². The first-order valence-electron chi connectivity index (χ1n) is 6.58. The van der Waals surface area contributed by atoms with Gasteiger partial charge in [-0.05, 0) is 47.9 Å². The zero-order valence-corrected chi connectivity index (χ0v) is 11.0. The Morgan fingerprint density at radius 1 is 1.11 bits per heavy atom. The Morgan fingerprint density at radius 3 is 2.67 bits per heavy atom. The van der Waals surface area contributed by atoms with E-state index in [1.54, 1.807) is 11.3 Å². The van der Waals surface area contributed by atoms with Crippen LogP contribution in [0.15, 0.2) is 29.6 Å². The SMILES string of the molecule is O=C1CC2CCC(C1)N2c1ccc2sccc2c1. The first-order chi connectivity index (χ1) is 8.81. The monoisotopic (exact) mass is 257 g/mol. The van der Waals surface area contributed by atoms with Gasteiger partial charge in [0.1, 0.15) is 5.78 Å². The van der Waals surface area contributed by atoms with Gasteiger partial charge in [0.2, 0.25) is 0 Å². The topological polar surface area (TPSA) is 20.3 Å². The normalized spacial score (nSPS) is 27.1. The molecule has 3 heterocycles. The third-order valence-corrected chi connectivity index (χ3v) is 5.18. The molecular weight excluding hydrogens is 242 g/mol. The molecule has 2 atom stereocenters. The average Bonchev–Trinajstić information content (AvgIpc) is 2.91. The molecule has 0 N–H and O–H groups in total. The Kier molecular flexibility index (Phi) is 2.24. The standard InChI is InChI=1S/C15H15NOS/c17-14-8-12-1-2-13(9-14)16(12)11-3-4-15-10(7-11)5-6-18-15/h3-7,12-13H,1-2,8-9H2. The van der Waals surface area contributed by atoms with E-state index < -0.39 is 0 Å². The van der Waals surface area contributed by atoms with E-state index in [-0.39, 0.29) is 0 Å².